The summed E-state index contributed by atoms with van der Waals surface area (Å²) in [5.74, 6) is -0.701. The highest BCUT2D eigenvalue weighted by molar-refractivity contribution is 5.73. The molecule has 0 amide bonds. The molecule has 0 heterocycles. The quantitative estimate of drug-likeness (QED) is 0.649. The summed E-state index contributed by atoms with van der Waals surface area (Å²) >= 11 is 0. The van der Waals surface area contributed by atoms with Gasteiger partial charge in [0, 0.05) is 0 Å². The Labute approximate surface area is 117 Å². The van der Waals surface area contributed by atoms with Crippen LogP contribution in [0, 0.1) is 17.1 Å². The SMILES string of the molecule is N#Cc1ccc(Nc2ccc(C(F)(F)F)cc2N)c(F)c1. The monoisotopic (exact) mass is 295 g/mol. The van der Waals surface area contributed by atoms with Crippen LogP contribution in [0.2, 0.25) is 0 Å². The average molecular weight is 295 g/mol. The highest BCUT2D eigenvalue weighted by Crippen LogP contribution is 2.34. The van der Waals surface area contributed by atoms with Gasteiger partial charge in [-0.2, -0.15) is 18.4 Å². The van der Waals surface area contributed by atoms with Crippen LogP contribution < -0.4 is 11.1 Å². The number of alkyl halides is 3. The van der Waals surface area contributed by atoms with Crippen molar-refractivity contribution in [2.45, 2.75) is 6.18 Å². The van der Waals surface area contributed by atoms with E-state index in [1.165, 1.54) is 12.1 Å². The van der Waals surface area contributed by atoms with Gasteiger partial charge in [0.2, 0.25) is 0 Å². The summed E-state index contributed by atoms with van der Waals surface area (Å²) in [6.45, 7) is 0. The van der Waals surface area contributed by atoms with Crippen molar-refractivity contribution in [1.29, 1.82) is 5.26 Å². The van der Waals surface area contributed by atoms with E-state index in [9.17, 15) is 17.6 Å². The Kier molecular flexibility index (Phi) is 3.72. The lowest BCUT2D eigenvalue weighted by atomic mass is 10.1. The molecule has 0 saturated carbocycles. The van der Waals surface area contributed by atoms with Crippen LogP contribution in [-0.4, -0.2) is 0 Å². The normalized spacial score (nSPS) is 11.0. The van der Waals surface area contributed by atoms with Gasteiger partial charge in [-0.1, -0.05) is 0 Å². The Morgan fingerprint density at radius 1 is 1.05 bits per heavy atom. The summed E-state index contributed by atoms with van der Waals surface area (Å²) in [6, 6.07) is 8.22. The molecule has 0 aliphatic carbocycles. The molecule has 21 heavy (non-hydrogen) atoms. The second kappa shape index (κ2) is 5.32. The topological polar surface area (TPSA) is 61.8 Å². The molecule has 3 nitrogen and oxygen atoms in total. The molecule has 2 aromatic carbocycles. The summed E-state index contributed by atoms with van der Waals surface area (Å²) in [5.41, 5.74) is 4.79. The number of nitrogen functional groups attached to an aromatic ring is 1. The van der Waals surface area contributed by atoms with E-state index in [2.05, 4.69) is 5.32 Å². The number of hydrogen-bond acceptors (Lipinski definition) is 3. The van der Waals surface area contributed by atoms with Crippen molar-refractivity contribution in [3.8, 4) is 6.07 Å². The first-order valence-corrected chi connectivity index (χ1v) is 5.74. The van der Waals surface area contributed by atoms with Gasteiger partial charge in [0.1, 0.15) is 5.82 Å². The third kappa shape index (κ3) is 3.23. The molecule has 0 aromatic heterocycles. The van der Waals surface area contributed by atoms with Crippen LogP contribution in [0.4, 0.5) is 34.6 Å². The first kappa shape index (κ1) is 14.7. The van der Waals surface area contributed by atoms with Gasteiger partial charge in [-0.25, -0.2) is 4.39 Å². The Hall–Kier alpha value is -2.75. The number of benzene rings is 2. The Bertz CT molecular complexity index is 717. The number of halogens is 4. The Balaban J connectivity index is 2.31. The largest absolute Gasteiger partial charge is 0.416 e. The Morgan fingerprint density at radius 2 is 1.71 bits per heavy atom. The van der Waals surface area contributed by atoms with Crippen LogP contribution in [0.15, 0.2) is 36.4 Å². The highest BCUT2D eigenvalue weighted by Gasteiger charge is 2.30. The zero-order chi connectivity index (χ0) is 15.6. The zero-order valence-corrected chi connectivity index (χ0v) is 10.5. The van der Waals surface area contributed by atoms with Gasteiger partial charge in [0.05, 0.1) is 34.3 Å². The molecule has 0 unspecified atom stereocenters. The fourth-order valence-corrected chi connectivity index (χ4v) is 1.68. The maximum Gasteiger partial charge on any atom is 0.416 e. The first-order chi connectivity index (χ1) is 9.81. The predicted octanol–water partition coefficient (Wildman–Crippen LogP) is 4.04. The number of anilines is 3. The lowest BCUT2D eigenvalue weighted by Gasteiger charge is -2.13. The zero-order valence-electron chi connectivity index (χ0n) is 10.5. The lowest BCUT2D eigenvalue weighted by molar-refractivity contribution is -0.137. The van der Waals surface area contributed by atoms with Crippen molar-refractivity contribution in [3.63, 3.8) is 0 Å². The van der Waals surface area contributed by atoms with Crippen LogP contribution in [-0.2, 0) is 6.18 Å². The minimum atomic E-state index is -4.49. The molecule has 108 valence electrons. The summed E-state index contributed by atoms with van der Waals surface area (Å²) in [6.07, 6.45) is -4.49. The van der Waals surface area contributed by atoms with Crippen LogP contribution in [0.1, 0.15) is 11.1 Å². The maximum atomic E-state index is 13.7. The molecule has 2 aromatic rings. The molecule has 7 heteroatoms. The van der Waals surface area contributed by atoms with E-state index in [0.717, 1.165) is 24.3 Å². The number of rotatable bonds is 2. The van der Waals surface area contributed by atoms with Gasteiger partial charge in [-0.15, -0.1) is 0 Å². The van der Waals surface area contributed by atoms with Crippen molar-refractivity contribution >= 4 is 17.1 Å². The van der Waals surface area contributed by atoms with Crippen LogP contribution in [0.25, 0.3) is 0 Å². The van der Waals surface area contributed by atoms with E-state index >= 15 is 0 Å². The smallest absolute Gasteiger partial charge is 0.397 e. The number of nitrogens with zero attached hydrogens (tertiary/aromatic N) is 1. The molecule has 0 radical (unpaired) electrons. The van der Waals surface area contributed by atoms with Crippen molar-refractivity contribution in [2.75, 3.05) is 11.1 Å². The standard InChI is InChI=1S/C14H9F4N3/c15-10-5-8(7-19)1-3-12(10)21-13-4-2-9(6-11(13)20)14(16,17)18/h1-6,21H,20H2. The second-order valence-corrected chi connectivity index (χ2v) is 4.23. The van der Waals surface area contributed by atoms with E-state index in [1.54, 1.807) is 6.07 Å². The second-order valence-electron chi connectivity index (χ2n) is 4.23. The number of nitrogens with two attached hydrogens (primary N) is 1. The van der Waals surface area contributed by atoms with Gasteiger partial charge >= 0.3 is 6.18 Å². The third-order valence-electron chi connectivity index (χ3n) is 2.75. The minimum Gasteiger partial charge on any atom is -0.397 e. The molecule has 0 spiro atoms. The van der Waals surface area contributed by atoms with Gasteiger partial charge in [-0.05, 0) is 36.4 Å². The van der Waals surface area contributed by atoms with Gasteiger partial charge in [-0.3, -0.25) is 0 Å². The fraction of sp³-hybridized carbons (Fsp3) is 0.0714. The molecule has 0 atom stereocenters. The minimum absolute atomic E-state index is 0.0143. The molecule has 3 N–H and O–H groups in total. The van der Waals surface area contributed by atoms with Crippen LogP contribution in [0.5, 0.6) is 0 Å². The van der Waals surface area contributed by atoms with Crippen molar-refractivity contribution in [1.82, 2.24) is 0 Å². The summed E-state index contributed by atoms with van der Waals surface area (Å²) in [7, 11) is 0. The first-order valence-electron chi connectivity index (χ1n) is 5.74. The van der Waals surface area contributed by atoms with E-state index in [4.69, 9.17) is 11.0 Å². The summed E-state index contributed by atoms with van der Waals surface area (Å²) < 4.78 is 51.2. The van der Waals surface area contributed by atoms with E-state index < -0.39 is 17.6 Å². The van der Waals surface area contributed by atoms with E-state index in [-0.39, 0.29) is 22.6 Å². The van der Waals surface area contributed by atoms with Crippen molar-refractivity contribution in [3.05, 3.63) is 53.3 Å². The van der Waals surface area contributed by atoms with E-state index in [1.807, 2.05) is 0 Å². The molecule has 0 saturated heterocycles. The molecular formula is C14H9F4N3. The van der Waals surface area contributed by atoms with Crippen molar-refractivity contribution < 1.29 is 17.6 Å². The van der Waals surface area contributed by atoms with Crippen LogP contribution in [0.3, 0.4) is 0 Å². The van der Waals surface area contributed by atoms with E-state index in [0.29, 0.717) is 0 Å². The van der Waals surface area contributed by atoms with Gasteiger partial charge < -0.3 is 11.1 Å². The van der Waals surface area contributed by atoms with Crippen LogP contribution >= 0.6 is 0 Å². The Morgan fingerprint density at radius 3 is 2.24 bits per heavy atom. The third-order valence-corrected chi connectivity index (χ3v) is 2.75. The van der Waals surface area contributed by atoms with Crippen molar-refractivity contribution in [2.24, 2.45) is 0 Å². The molecule has 0 bridgehead atoms. The molecular weight excluding hydrogens is 286 g/mol. The molecule has 0 aliphatic rings. The highest BCUT2D eigenvalue weighted by atomic mass is 19.4. The number of nitriles is 1. The predicted molar refractivity (Wildman–Crippen MR) is 70.3 cm³/mol. The summed E-state index contributed by atoms with van der Waals surface area (Å²) in [4.78, 5) is 0. The maximum absolute atomic E-state index is 13.7. The number of nitrogens with one attached hydrogen (secondary N) is 1. The van der Waals surface area contributed by atoms with Gasteiger partial charge in [0.25, 0.3) is 0 Å². The number of hydrogen-bond donors (Lipinski definition) is 2. The molecule has 0 fully saturated rings. The molecule has 2 rings (SSSR count). The average Bonchev–Trinajstić information content (AvgIpc) is 2.41. The van der Waals surface area contributed by atoms with Gasteiger partial charge in [0.15, 0.2) is 0 Å². The summed E-state index contributed by atoms with van der Waals surface area (Å²) in [5, 5.41) is 11.2. The lowest BCUT2D eigenvalue weighted by Crippen LogP contribution is -2.07. The molecule has 0 aliphatic heterocycles. The fourth-order valence-electron chi connectivity index (χ4n) is 1.68.